The van der Waals surface area contributed by atoms with Gasteiger partial charge < -0.3 is 5.73 Å². The number of nitrogens with two attached hydrogens (primary N) is 1. The van der Waals surface area contributed by atoms with Crippen LogP contribution in [0.1, 0.15) is 69.1 Å². The fourth-order valence-electron chi connectivity index (χ4n) is 6.38. The van der Waals surface area contributed by atoms with Gasteiger partial charge in [-0.05, 0) is 103 Å². The van der Waals surface area contributed by atoms with Crippen LogP contribution in [0.25, 0.3) is 5.57 Å². The maximum Gasteiger partial charge on any atom is 0.0205 e. The molecule has 1 heteroatoms. The first-order chi connectivity index (χ1) is 21.9. The first kappa shape index (κ1) is 33.3. The lowest BCUT2D eigenvalue weighted by molar-refractivity contribution is 0.441. The molecule has 0 fully saturated rings. The summed E-state index contributed by atoms with van der Waals surface area (Å²) in [5, 5.41) is 0. The molecule has 0 aliphatic heterocycles. The molecule has 0 saturated carbocycles. The molecule has 230 valence electrons. The fourth-order valence-corrected chi connectivity index (χ4v) is 6.38. The van der Waals surface area contributed by atoms with Gasteiger partial charge in [0.2, 0.25) is 0 Å². The summed E-state index contributed by atoms with van der Waals surface area (Å²) in [6, 6.07) is 19.4. The van der Waals surface area contributed by atoms with Crippen molar-refractivity contribution in [3.8, 4) is 0 Å². The number of hydrogen-bond donors (Lipinski definition) is 1. The van der Waals surface area contributed by atoms with Gasteiger partial charge in [-0.3, -0.25) is 0 Å². The van der Waals surface area contributed by atoms with Gasteiger partial charge in [0.1, 0.15) is 0 Å². The maximum absolute atomic E-state index is 6.37. The summed E-state index contributed by atoms with van der Waals surface area (Å²) >= 11 is 0. The Morgan fingerprint density at radius 1 is 0.844 bits per heavy atom. The number of fused-ring (bicyclic) bond motifs is 2. The number of hydrogen-bond acceptors (Lipinski definition) is 1. The minimum absolute atomic E-state index is 0.132. The van der Waals surface area contributed by atoms with Crippen LogP contribution in [0.15, 0.2) is 181 Å². The number of allylic oxidation sites excluding steroid dienone is 19. The molecule has 0 atom stereocenters. The minimum atomic E-state index is -0.132. The van der Waals surface area contributed by atoms with Crippen LogP contribution in [-0.4, -0.2) is 0 Å². The van der Waals surface area contributed by atoms with E-state index in [-0.39, 0.29) is 5.41 Å². The third-order valence-electron chi connectivity index (χ3n) is 8.84. The zero-order valence-corrected chi connectivity index (χ0v) is 27.3. The van der Waals surface area contributed by atoms with Crippen molar-refractivity contribution in [1.29, 1.82) is 0 Å². The van der Waals surface area contributed by atoms with E-state index < -0.39 is 0 Å². The summed E-state index contributed by atoms with van der Waals surface area (Å²) in [4.78, 5) is 0. The highest BCUT2D eigenvalue weighted by atomic mass is 14.6. The van der Waals surface area contributed by atoms with E-state index >= 15 is 0 Å². The highest BCUT2D eigenvalue weighted by molar-refractivity contribution is 5.83. The Morgan fingerprint density at radius 3 is 2.18 bits per heavy atom. The monoisotopic (exact) mass is 591 g/mol. The summed E-state index contributed by atoms with van der Waals surface area (Å²) < 4.78 is 0. The first-order valence-electron chi connectivity index (χ1n) is 16.2. The van der Waals surface area contributed by atoms with Crippen molar-refractivity contribution in [3.63, 3.8) is 0 Å². The SMILES string of the molecule is C=C1/C=C\CCC2(CC/C=C\C1=C)C(=C)/C=C\C(CC=CC/C=C(/C=C\C)C(=C(/C)N)\c1ccccc1)=C/Cc1ccccc12. The van der Waals surface area contributed by atoms with Crippen molar-refractivity contribution in [2.24, 2.45) is 5.73 Å². The topological polar surface area (TPSA) is 26.0 Å². The smallest absolute Gasteiger partial charge is 0.0205 e. The van der Waals surface area contributed by atoms with E-state index in [1.165, 1.54) is 22.3 Å². The molecule has 2 aromatic carbocycles. The van der Waals surface area contributed by atoms with Crippen molar-refractivity contribution < 1.29 is 0 Å². The zero-order valence-electron chi connectivity index (χ0n) is 27.3. The predicted molar refractivity (Wildman–Crippen MR) is 198 cm³/mol. The van der Waals surface area contributed by atoms with Crippen LogP contribution in [0, 0.1) is 0 Å². The Labute approximate surface area is 272 Å². The van der Waals surface area contributed by atoms with Gasteiger partial charge in [0, 0.05) is 16.7 Å². The lowest BCUT2D eigenvalue weighted by Crippen LogP contribution is -2.29. The second kappa shape index (κ2) is 16.5. The quantitative estimate of drug-likeness (QED) is 0.251. The molecule has 45 heavy (non-hydrogen) atoms. The summed E-state index contributed by atoms with van der Waals surface area (Å²) in [5.74, 6) is 0. The Hall–Kier alpha value is -4.62. The van der Waals surface area contributed by atoms with Crippen LogP contribution in [-0.2, 0) is 11.8 Å². The Bertz CT molecular complexity index is 1590. The lowest BCUT2D eigenvalue weighted by atomic mass is 9.66. The molecular weight excluding hydrogens is 542 g/mol. The molecule has 0 unspecified atom stereocenters. The van der Waals surface area contributed by atoms with Crippen LogP contribution in [0.5, 0.6) is 0 Å². The Morgan fingerprint density at radius 2 is 1.51 bits per heavy atom. The van der Waals surface area contributed by atoms with Gasteiger partial charge in [0.25, 0.3) is 0 Å². The van der Waals surface area contributed by atoms with Gasteiger partial charge >= 0.3 is 0 Å². The number of rotatable bonds is 7. The average molecular weight is 592 g/mol. The molecule has 2 aliphatic rings. The second-order valence-electron chi connectivity index (χ2n) is 12.0. The van der Waals surface area contributed by atoms with Crippen LogP contribution >= 0.6 is 0 Å². The van der Waals surface area contributed by atoms with Gasteiger partial charge in [-0.15, -0.1) is 0 Å². The van der Waals surface area contributed by atoms with E-state index in [1.54, 1.807) is 0 Å². The molecule has 0 heterocycles. The minimum Gasteiger partial charge on any atom is -0.402 e. The van der Waals surface area contributed by atoms with Gasteiger partial charge in [-0.2, -0.15) is 0 Å². The molecule has 4 rings (SSSR count). The maximum atomic E-state index is 6.37. The molecule has 0 bridgehead atoms. The molecule has 0 saturated heterocycles. The second-order valence-corrected chi connectivity index (χ2v) is 12.0. The molecule has 2 N–H and O–H groups in total. The highest BCUT2D eigenvalue weighted by Gasteiger charge is 2.35. The van der Waals surface area contributed by atoms with E-state index in [1.807, 2.05) is 19.9 Å². The Balaban J connectivity index is 1.56. The number of benzene rings is 2. The molecular formula is C44H49N. The van der Waals surface area contributed by atoms with E-state index in [0.717, 1.165) is 78.5 Å². The largest absolute Gasteiger partial charge is 0.402 e. The van der Waals surface area contributed by atoms with Gasteiger partial charge in [0.05, 0.1) is 0 Å². The summed E-state index contributed by atoms with van der Waals surface area (Å²) in [6.45, 7) is 17.1. The van der Waals surface area contributed by atoms with Crippen LogP contribution in [0.4, 0.5) is 0 Å². The third-order valence-corrected chi connectivity index (χ3v) is 8.84. The molecule has 0 amide bonds. The average Bonchev–Trinajstić information content (AvgIpc) is 3.06. The molecule has 0 aromatic heterocycles. The molecule has 2 aromatic rings. The Kier molecular flexibility index (Phi) is 12.2. The van der Waals surface area contributed by atoms with E-state index in [0.29, 0.717) is 0 Å². The zero-order chi connectivity index (χ0) is 32.1. The normalized spacial score (nSPS) is 21.6. The molecule has 1 nitrogen and oxygen atoms in total. The van der Waals surface area contributed by atoms with E-state index in [9.17, 15) is 0 Å². The molecule has 1 spiro atoms. The van der Waals surface area contributed by atoms with Gasteiger partial charge in [0.15, 0.2) is 0 Å². The van der Waals surface area contributed by atoms with Crippen LogP contribution in [0.2, 0.25) is 0 Å². The standard InChI is InChI=1S/C44H49N/c1-6-19-40(43(37(5)45)41-25-11-8-12-26-41)24-10-7-9-22-38-29-28-36(4)44(42-27-14-13-23-39(42)31-30-38)32-17-15-20-34(2)35(3)21-16-18-33-44/h6-9,11-16,19-21,23-30H,2-4,10,17-18,22,31-33,45H2,1,5H3/b9-7?,19-6-,20-15-,21-16-,29-28-,38-30-,40-24-,43-37-. The van der Waals surface area contributed by atoms with E-state index in [4.69, 9.17) is 12.3 Å². The van der Waals surface area contributed by atoms with E-state index in [2.05, 4.69) is 135 Å². The molecule has 0 radical (unpaired) electrons. The van der Waals surface area contributed by atoms with Crippen molar-refractivity contribution in [3.05, 3.63) is 197 Å². The first-order valence-corrected chi connectivity index (χ1v) is 16.2. The van der Waals surface area contributed by atoms with Crippen molar-refractivity contribution in [2.75, 3.05) is 0 Å². The predicted octanol–water partition coefficient (Wildman–Crippen LogP) is 11.5. The van der Waals surface area contributed by atoms with Gasteiger partial charge in [-0.1, -0.05) is 147 Å². The summed E-state index contributed by atoms with van der Waals surface area (Å²) in [7, 11) is 0. The van der Waals surface area contributed by atoms with Crippen molar-refractivity contribution >= 4 is 5.57 Å². The van der Waals surface area contributed by atoms with Crippen molar-refractivity contribution in [1.82, 2.24) is 0 Å². The van der Waals surface area contributed by atoms with Crippen LogP contribution in [0.3, 0.4) is 0 Å². The molecule has 2 aliphatic carbocycles. The third kappa shape index (κ3) is 8.73. The van der Waals surface area contributed by atoms with Crippen LogP contribution < -0.4 is 5.73 Å². The van der Waals surface area contributed by atoms with Crippen molar-refractivity contribution in [2.45, 2.75) is 64.2 Å². The summed E-state index contributed by atoms with van der Waals surface area (Å²) in [5.41, 5.74) is 17.7. The van der Waals surface area contributed by atoms with Gasteiger partial charge in [-0.25, -0.2) is 0 Å². The highest BCUT2D eigenvalue weighted by Crippen LogP contribution is 2.44. The lowest BCUT2D eigenvalue weighted by Gasteiger charge is -2.37. The fraction of sp³-hybridized carbons (Fsp3) is 0.227. The summed E-state index contributed by atoms with van der Waals surface area (Å²) in [6.07, 6.45) is 33.3.